The Morgan fingerprint density at radius 1 is 1.00 bits per heavy atom. The van der Waals surface area contributed by atoms with E-state index in [2.05, 4.69) is 43.3 Å². The first-order valence-corrected chi connectivity index (χ1v) is 10.8. The maximum Gasteiger partial charge on any atom is 0.272 e. The number of aromatic nitrogens is 2. The minimum atomic E-state index is 0.0670. The SMILES string of the molecule is Cc1ccc(CSc2nc3ccsc3c(=O)n2CCc2ccccc2)cc1. The summed E-state index contributed by atoms with van der Waals surface area (Å²) in [6, 6.07) is 20.7. The lowest BCUT2D eigenvalue weighted by Crippen LogP contribution is -2.23. The standard InChI is InChI=1S/C22H20N2OS2/c1-16-7-9-18(10-8-16)15-27-22-23-19-12-14-26-20(19)21(25)24(22)13-11-17-5-3-2-4-6-17/h2-10,12,14H,11,13,15H2,1H3. The molecule has 3 nitrogen and oxygen atoms in total. The van der Waals surface area contributed by atoms with Gasteiger partial charge in [0.25, 0.3) is 5.56 Å². The van der Waals surface area contributed by atoms with Crippen LogP contribution in [0.2, 0.25) is 0 Å². The van der Waals surface area contributed by atoms with Crippen LogP contribution in [-0.2, 0) is 18.7 Å². The van der Waals surface area contributed by atoms with Crippen LogP contribution in [0.5, 0.6) is 0 Å². The molecule has 0 aliphatic carbocycles. The molecule has 136 valence electrons. The fourth-order valence-corrected chi connectivity index (χ4v) is 4.71. The van der Waals surface area contributed by atoms with Gasteiger partial charge in [0.2, 0.25) is 0 Å². The zero-order valence-corrected chi connectivity index (χ0v) is 16.7. The monoisotopic (exact) mass is 392 g/mol. The molecular weight excluding hydrogens is 372 g/mol. The van der Waals surface area contributed by atoms with E-state index in [1.165, 1.54) is 28.0 Å². The van der Waals surface area contributed by atoms with E-state index in [1.54, 1.807) is 11.8 Å². The maximum absolute atomic E-state index is 13.0. The first kappa shape index (κ1) is 18.0. The Bertz CT molecular complexity index is 1100. The summed E-state index contributed by atoms with van der Waals surface area (Å²) < 4.78 is 2.58. The number of fused-ring (bicyclic) bond motifs is 1. The predicted octanol–water partition coefficient (Wildman–Crippen LogP) is 5.30. The van der Waals surface area contributed by atoms with Crippen LogP contribution in [0.1, 0.15) is 16.7 Å². The van der Waals surface area contributed by atoms with Gasteiger partial charge in [-0.05, 0) is 35.9 Å². The van der Waals surface area contributed by atoms with Crippen molar-refractivity contribution in [3.8, 4) is 0 Å². The van der Waals surface area contributed by atoms with Crippen molar-refractivity contribution in [3.05, 3.63) is 93.1 Å². The highest BCUT2D eigenvalue weighted by Gasteiger charge is 2.13. The van der Waals surface area contributed by atoms with Gasteiger partial charge in [-0.3, -0.25) is 9.36 Å². The molecule has 5 heteroatoms. The molecular formula is C22H20N2OS2. The minimum absolute atomic E-state index is 0.0670. The topological polar surface area (TPSA) is 34.9 Å². The molecule has 0 aliphatic rings. The zero-order valence-electron chi connectivity index (χ0n) is 15.1. The normalized spacial score (nSPS) is 11.1. The highest BCUT2D eigenvalue weighted by Crippen LogP contribution is 2.24. The lowest BCUT2D eigenvalue weighted by Gasteiger charge is -2.12. The highest BCUT2D eigenvalue weighted by molar-refractivity contribution is 7.98. The third kappa shape index (κ3) is 4.15. The van der Waals surface area contributed by atoms with Gasteiger partial charge in [0.15, 0.2) is 5.16 Å². The lowest BCUT2D eigenvalue weighted by atomic mass is 10.1. The zero-order chi connectivity index (χ0) is 18.6. The van der Waals surface area contributed by atoms with Gasteiger partial charge in [-0.1, -0.05) is 71.9 Å². The van der Waals surface area contributed by atoms with E-state index in [1.807, 2.05) is 34.2 Å². The summed E-state index contributed by atoms with van der Waals surface area (Å²) in [6.45, 7) is 2.73. The molecule has 2 aromatic carbocycles. The van der Waals surface area contributed by atoms with Gasteiger partial charge in [-0.25, -0.2) is 4.98 Å². The summed E-state index contributed by atoms with van der Waals surface area (Å²) >= 11 is 3.10. The number of rotatable bonds is 6. The van der Waals surface area contributed by atoms with E-state index in [4.69, 9.17) is 4.98 Å². The fourth-order valence-electron chi connectivity index (χ4n) is 2.95. The molecule has 0 N–H and O–H groups in total. The molecule has 0 spiro atoms. The fraction of sp³-hybridized carbons (Fsp3) is 0.182. The molecule has 0 radical (unpaired) electrons. The summed E-state index contributed by atoms with van der Waals surface area (Å²) in [5.41, 5.74) is 4.58. The molecule has 2 heterocycles. The van der Waals surface area contributed by atoms with Crippen LogP contribution < -0.4 is 5.56 Å². The quantitative estimate of drug-likeness (QED) is 0.330. The molecule has 4 rings (SSSR count). The second-order valence-corrected chi connectivity index (χ2v) is 8.35. The van der Waals surface area contributed by atoms with Crippen LogP contribution in [0.4, 0.5) is 0 Å². The molecule has 0 aliphatic heterocycles. The summed E-state index contributed by atoms with van der Waals surface area (Å²) in [5.74, 6) is 0.799. The molecule has 2 aromatic heterocycles. The van der Waals surface area contributed by atoms with Crippen molar-refractivity contribution in [2.75, 3.05) is 0 Å². The molecule has 0 bridgehead atoms. The molecule has 0 fully saturated rings. The van der Waals surface area contributed by atoms with Crippen molar-refractivity contribution in [3.63, 3.8) is 0 Å². The molecule has 0 unspecified atom stereocenters. The Kier molecular flexibility index (Phi) is 5.41. The first-order chi connectivity index (χ1) is 13.2. The Balaban J connectivity index is 1.63. The highest BCUT2D eigenvalue weighted by atomic mass is 32.2. The number of aryl methyl sites for hydroxylation is 2. The van der Waals surface area contributed by atoms with Crippen molar-refractivity contribution >= 4 is 33.3 Å². The van der Waals surface area contributed by atoms with Crippen LogP contribution in [0.15, 0.2) is 76.0 Å². The van der Waals surface area contributed by atoms with Gasteiger partial charge >= 0.3 is 0 Å². The van der Waals surface area contributed by atoms with Crippen LogP contribution in [0, 0.1) is 6.92 Å². The Morgan fingerprint density at radius 3 is 2.56 bits per heavy atom. The van der Waals surface area contributed by atoms with Crippen LogP contribution in [0.25, 0.3) is 10.2 Å². The largest absolute Gasteiger partial charge is 0.286 e. The maximum atomic E-state index is 13.0. The third-order valence-electron chi connectivity index (χ3n) is 4.49. The van der Waals surface area contributed by atoms with Gasteiger partial charge in [0.1, 0.15) is 4.70 Å². The van der Waals surface area contributed by atoms with E-state index in [0.29, 0.717) is 6.54 Å². The number of thioether (sulfide) groups is 1. The first-order valence-electron chi connectivity index (χ1n) is 8.91. The van der Waals surface area contributed by atoms with Crippen LogP contribution in [0.3, 0.4) is 0 Å². The second kappa shape index (κ2) is 8.11. The lowest BCUT2D eigenvalue weighted by molar-refractivity contribution is 0.596. The number of hydrogen-bond acceptors (Lipinski definition) is 4. The van der Waals surface area contributed by atoms with Gasteiger partial charge in [-0.15, -0.1) is 11.3 Å². The van der Waals surface area contributed by atoms with Gasteiger partial charge in [0.05, 0.1) is 5.52 Å². The van der Waals surface area contributed by atoms with E-state index in [0.717, 1.165) is 27.5 Å². The van der Waals surface area contributed by atoms with Crippen molar-refractivity contribution in [2.45, 2.75) is 30.8 Å². The Morgan fingerprint density at radius 2 is 1.78 bits per heavy atom. The average molecular weight is 393 g/mol. The number of hydrogen-bond donors (Lipinski definition) is 0. The van der Waals surface area contributed by atoms with Crippen molar-refractivity contribution < 1.29 is 0 Å². The van der Waals surface area contributed by atoms with Gasteiger partial charge in [0, 0.05) is 12.3 Å². The van der Waals surface area contributed by atoms with Gasteiger partial charge < -0.3 is 0 Å². The van der Waals surface area contributed by atoms with Crippen LogP contribution >= 0.6 is 23.1 Å². The molecule has 0 saturated heterocycles. The van der Waals surface area contributed by atoms with Gasteiger partial charge in [-0.2, -0.15) is 0 Å². The summed E-state index contributed by atoms with van der Waals surface area (Å²) in [7, 11) is 0. The molecule has 27 heavy (non-hydrogen) atoms. The summed E-state index contributed by atoms with van der Waals surface area (Å²) in [5, 5.41) is 2.73. The van der Waals surface area contributed by atoms with Crippen molar-refractivity contribution in [2.24, 2.45) is 0 Å². The second-order valence-electron chi connectivity index (χ2n) is 6.50. The van der Waals surface area contributed by atoms with E-state index in [9.17, 15) is 4.79 Å². The van der Waals surface area contributed by atoms with E-state index in [-0.39, 0.29) is 5.56 Å². The number of thiophene rings is 1. The Labute approximate surface area is 166 Å². The van der Waals surface area contributed by atoms with E-state index >= 15 is 0 Å². The van der Waals surface area contributed by atoms with Crippen molar-refractivity contribution in [1.82, 2.24) is 9.55 Å². The molecule has 0 amide bonds. The smallest absolute Gasteiger partial charge is 0.272 e. The number of benzene rings is 2. The predicted molar refractivity (Wildman–Crippen MR) is 115 cm³/mol. The Hall–Kier alpha value is -2.37. The van der Waals surface area contributed by atoms with Crippen LogP contribution in [-0.4, -0.2) is 9.55 Å². The average Bonchev–Trinajstić information content (AvgIpc) is 3.17. The van der Waals surface area contributed by atoms with E-state index < -0.39 is 0 Å². The third-order valence-corrected chi connectivity index (χ3v) is 6.43. The summed E-state index contributed by atoms with van der Waals surface area (Å²) in [4.78, 5) is 17.8. The molecule has 0 atom stereocenters. The van der Waals surface area contributed by atoms with Crippen molar-refractivity contribution in [1.29, 1.82) is 0 Å². The molecule has 4 aromatic rings. The molecule has 0 saturated carbocycles. The number of nitrogens with zero attached hydrogens (tertiary/aromatic N) is 2. The summed E-state index contributed by atoms with van der Waals surface area (Å²) in [6.07, 6.45) is 0.817. The minimum Gasteiger partial charge on any atom is -0.286 e.